The quantitative estimate of drug-likeness (QED) is 0.793. The minimum Gasteiger partial charge on any atom is -0.347 e. The van der Waals surface area contributed by atoms with Crippen molar-refractivity contribution in [1.82, 2.24) is 14.9 Å². The molecule has 2 aromatic heterocycles. The molecular weight excluding hydrogens is 322 g/mol. The van der Waals surface area contributed by atoms with Crippen molar-refractivity contribution in [1.29, 1.82) is 0 Å². The maximum atomic E-state index is 12.5. The first-order chi connectivity index (χ1) is 11.5. The van der Waals surface area contributed by atoms with Gasteiger partial charge in [-0.1, -0.05) is 29.8 Å². The molecule has 0 aliphatic rings. The molecule has 0 atom stereocenters. The number of benzene rings is 1. The van der Waals surface area contributed by atoms with Crippen molar-refractivity contribution in [2.24, 2.45) is 0 Å². The molecule has 0 saturated carbocycles. The first kappa shape index (κ1) is 16.4. The van der Waals surface area contributed by atoms with Crippen molar-refractivity contribution in [3.8, 4) is 0 Å². The molecule has 0 aliphatic carbocycles. The second-order valence-corrected chi connectivity index (χ2v) is 6.74. The predicted molar refractivity (Wildman–Crippen MR) is 96.6 cm³/mol. The summed E-state index contributed by atoms with van der Waals surface area (Å²) < 4.78 is 1.55. The molecule has 124 valence electrons. The van der Waals surface area contributed by atoms with Crippen molar-refractivity contribution in [2.45, 2.75) is 33.9 Å². The van der Waals surface area contributed by atoms with Gasteiger partial charge in [0.1, 0.15) is 4.83 Å². The van der Waals surface area contributed by atoms with Crippen molar-refractivity contribution in [3.63, 3.8) is 0 Å². The van der Waals surface area contributed by atoms with Crippen LogP contribution in [-0.2, 0) is 13.1 Å². The van der Waals surface area contributed by atoms with Gasteiger partial charge in [-0.3, -0.25) is 14.2 Å². The zero-order chi connectivity index (χ0) is 17.3. The van der Waals surface area contributed by atoms with E-state index >= 15 is 0 Å². The number of hydrogen-bond acceptors (Lipinski definition) is 4. The Morgan fingerprint density at radius 3 is 2.62 bits per heavy atom. The lowest BCUT2D eigenvalue weighted by Crippen LogP contribution is -2.23. The van der Waals surface area contributed by atoms with E-state index in [-0.39, 0.29) is 11.5 Å². The highest BCUT2D eigenvalue weighted by Crippen LogP contribution is 2.26. The van der Waals surface area contributed by atoms with Crippen LogP contribution in [0.3, 0.4) is 0 Å². The Kier molecular flexibility index (Phi) is 4.49. The summed E-state index contributed by atoms with van der Waals surface area (Å²) in [6, 6.07) is 8.02. The molecule has 3 rings (SSSR count). The van der Waals surface area contributed by atoms with Gasteiger partial charge in [0.25, 0.3) is 11.5 Å². The first-order valence-corrected chi connectivity index (χ1v) is 8.65. The predicted octanol–water partition coefficient (Wildman–Crippen LogP) is 3.02. The number of aromatic nitrogens is 2. The monoisotopic (exact) mass is 341 g/mol. The molecule has 2 heterocycles. The summed E-state index contributed by atoms with van der Waals surface area (Å²) in [6.45, 7) is 6.75. The standard InChI is InChI=1S/C18H19N3O2S/c1-4-21-10-20-17-14(18(21)23)12(3)15(24-17)16(22)19-9-13-7-5-11(2)6-8-13/h5-8,10H,4,9H2,1-3H3,(H,19,22). The van der Waals surface area contributed by atoms with Gasteiger partial charge in [-0.2, -0.15) is 0 Å². The van der Waals surface area contributed by atoms with E-state index < -0.39 is 0 Å². The molecule has 5 nitrogen and oxygen atoms in total. The highest BCUT2D eigenvalue weighted by atomic mass is 32.1. The maximum Gasteiger partial charge on any atom is 0.262 e. The summed E-state index contributed by atoms with van der Waals surface area (Å²) in [5.41, 5.74) is 2.84. The number of fused-ring (bicyclic) bond motifs is 1. The molecule has 3 aromatic rings. The number of carbonyl (C=O) groups is 1. The molecule has 6 heteroatoms. The zero-order valence-corrected chi connectivity index (χ0v) is 14.7. The van der Waals surface area contributed by atoms with Crippen LogP contribution in [0, 0.1) is 13.8 Å². The van der Waals surface area contributed by atoms with E-state index in [9.17, 15) is 9.59 Å². The topological polar surface area (TPSA) is 64.0 Å². The second kappa shape index (κ2) is 6.57. The largest absolute Gasteiger partial charge is 0.347 e. The number of rotatable bonds is 4. The molecule has 1 aromatic carbocycles. The van der Waals surface area contributed by atoms with E-state index in [1.807, 2.05) is 45.0 Å². The number of nitrogens with one attached hydrogen (secondary N) is 1. The lowest BCUT2D eigenvalue weighted by molar-refractivity contribution is 0.0954. The fraction of sp³-hybridized carbons (Fsp3) is 0.278. The lowest BCUT2D eigenvalue weighted by atomic mass is 10.1. The van der Waals surface area contributed by atoms with Crippen molar-refractivity contribution in [3.05, 3.63) is 62.5 Å². The summed E-state index contributed by atoms with van der Waals surface area (Å²) >= 11 is 1.27. The normalized spacial score (nSPS) is 11.0. The van der Waals surface area contributed by atoms with Gasteiger partial charge in [0.2, 0.25) is 0 Å². The molecule has 0 spiro atoms. The minimum absolute atomic E-state index is 0.0890. The molecule has 0 saturated heterocycles. The van der Waals surface area contributed by atoms with Crippen molar-refractivity contribution < 1.29 is 4.79 Å². The van der Waals surface area contributed by atoms with Gasteiger partial charge < -0.3 is 5.32 Å². The fourth-order valence-corrected chi connectivity index (χ4v) is 3.63. The first-order valence-electron chi connectivity index (χ1n) is 7.83. The van der Waals surface area contributed by atoms with E-state index in [2.05, 4.69) is 10.3 Å². The fourth-order valence-electron chi connectivity index (χ4n) is 2.57. The number of hydrogen-bond donors (Lipinski definition) is 1. The third-order valence-corrected chi connectivity index (χ3v) is 5.24. The van der Waals surface area contributed by atoms with Crippen LogP contribution in [0.25, 0.3) is 10.2 Å². The van der Waals surface area contributed by atoms with Gasteiger partial charge in [-0.05, 0) is 31.9 Å². The van der Waals surface area contributed by atoms with Gasteiger partial charge in [0, 0.05) is 13.1 Å². The highest BCUT2D eigenvalue weighted by Gasteiger charge is 2.19. The minimum atomic E-state index is -0.168. The third kappa shape index (κ3) is 2.97. The molecule has 0 radical (unpaired) electrons. The Bertz CT molecular complexity index is 955. The molecular formula is C18H19N3O2S. The van der Waals surface area contributed by atoms with Crippen LogP contribution in [0.15, 0.2) is 35.4 Å². The van der Waals surface area contributed by atoms with Crippen LogP contribution in [0.1, 0.15) is 33.3 Å². The Balaban J connectivity index is 1.87. The van der Waals surface area contributed by atoms with Crippen LogP contribution >= 0.6 is 11.3 Å². The van der Waals surface area contributed by atoms with Crippen molar-refractivity contribution in [2.75, 3.05) is 0 Å². The summed E-state index contributed by atoms with van der Waals surface area (Å²) in [6.07, 6.45) is 1.54. The summed E-state index contributed by atoms with van der Waals surface area (Å²) in [5, 5.41) is 3.47. The molecule has 1 amide bonds. The maximum absolute atomic E-state index is 12.5. The number of thiophene rings is 1. The molecule has 0 fully saturated rings. The molecule has 0 unspecified atom stereocenters. The number of amides is 1. The van der Waals surface area contributed by atoms with E-state index in [0.29, 0.717) is 33.7 Å². The van der Waals surface area contributed by atoms with Crippen LogP contribution in [0.4, 0.5) is 0 Å². The highest BCUT2D eigenvalue weighted by molar-refractivity contribution is 7.20. The Morgan fingerprint density at radius 2 is 1.96 bits per heavy atom. The number of aryl methyl sites for hydroxylation is 3. The van der Waals surface area contributed by atoms with Gasteiger partial charge in [-0.15, -0.1) is 11.3 Å². The van der Waals surface area contributed by atoms with Crippen LogP contribution < -0.4 is 10.9 Å². The number of nitrogens with zero attached hydrogens (tertiary/aromatic N) is 2. The Hall–Kier alpha value is -2.47. The average molecular weight is 341 g/mol. The molecule has 0 aliphatic heterocycles. The van der Waals surface area contributed by atoms with E-state index in [4.69, 9.17) is 0 Å². The van der Waals surface area contributed by atoms with E-state index in [0.717, 1.165) is 5.56 Å². The summed E-state index contributed by atoms with van der Waals surface area (Å²) in [7, 11) is 0. The van der Waals surface area contributed by atoms with E-state index in [1.54, 1.807) is 4.57 Å². The van der Waals surface area contributed by atoms with Crippen LogP contribution in [0.5, 0.6) is 0 Å². The van der Waals surface area contributed by atoms with Crippen molar-refractivity contribution >= 4 is 27.5 Å². The van der Waals surface area contributed by atoms with Gasteiger partial charge in [0.05, 0.1) is 16.6 Å². The van der Waals surface area contributed by atoms with Gasteiger partial charge in [0.15, 0.2) is 0 Å². The number of carbonyl (C=O) groups excluding carboxylic acids is 1. The molecule has 1 N–H and O–H groups in total. The summed E-state index contributed by atoms with van der Waals surface area (Å²) in [4.78, 5) is 30.4. The Labute approximate surface area is 144 Å². The van der Waals surface area contributed by atoms with Gasteiger partial charge >= 0.3 is 0 Å². The van der Waals surface area contributed by atoms with Gasteiger partial charge in [-0.25, -0.2) is 4.98 Å². The SMILES string of the molecule is CCn1cnc2sc(C(=O)NCc3ccc(C)cc3)c(C)c2c1=O. The lowest BCUT2D eigenvalue weighted by Gasteiger charge is -2.05. The van der Waals surface area contributed by atoms with E-state index in [1.165, 1.54) is 23.2 Å². The van der Waals surface area contributed by atoms with Crippen LogP contribution in [0.2, 0.25) is 0 Å². The smallest absolute Gasteiger partial charge is 0.262 e. The molecule has 0 bridgehead atoms. The molecule has 24 heavy (non-hydrogen) atoms. The third-order valence-electron chi connectivity index (χ3n) is 4.04. The van der Waals surface area contributed by atoms with Crippen LogP contribution in [-0.4, -0.2) is 15.5 Å². The summed E-state index contributed by atoms with van der Waals surface area (Å²) in [5.74, 6) is -0.168. The average Bonchev–Trinajstić information content (AvgIpc) is 2.92. The second-order valence-electron chi connectivity index (χ2n) is 5.74. The zero-order valence-electron chi connectivity index (χ0n) is 13.9. The Morgan fingerprint density at radius 1 is 1.25 bits per heavy atom.